The second-order valence-electron chi connectivity index (χ2n) is 5.61. The first kappa shape index (κ1) is 19.5. The van der Waals surface area contributed by atoms with Crippen LogP contribution in [0.5, 0.6) is 0 Å². The van der Waals surface area contributed by atoms with Gasteiger partial charge in [0.15, 0.2) is 11.6 Å². The topological polar surface area (TPSA) is 89.6 Å². The number of hydrogen-bond acceptors (Lipinski definition) is 4. The molecule has 0 aliphatic carbocycles. The van der Waals surface area contributed by atoms with Gasteiger partial charge in [-0.25, -0.2) is 13.2 Å². The Morgan fingerprint density at radius 3 is 2.27 bits per heavy atom. The molecule has 2 aromatic rings. The number of aliphatic carboxylic acids is 1. The zero-order valence-electron chi connectivity index (χ0n) is 13.5. The standard InChI is InChI=1S/C18H16F3NO4/c19-13-8-15(21)14(20)6-11(13)17(22)12(7-16(23)24)18(25)26-9-10-4-2-1-3-5-10/h1-6,8,12,17H,7,9,22H2,(H,23,24)/t12-,17?/m1/s1. The molecular weight excluding hydrogens is 351 g/mol. The van der Waals surface area contributed by atoms with Gasteiger partial charge in [0.05, 0.1) is 12.3 Å². The highest BCUT2D eigenvalue weighted by Crippen LogP contribution is 2.28. The average molecular weight is 367 g/mol. The summed E-state index contributed by atoms with van der Waals surface area (Å²) in [6.07, 6.45) is -0.757. The minimum absolute atomic E-state index is 0.136. The van der Waals surface area contributed by atoms with Crippen LogP contribution in [0.4, 0.5) is 13.2 Å². The third-order valence-electron chi connectivity index (χ3n) is 3.75. The summed E-state index contributed by atoms with van der Waals surface area (Å²) in [6, 6.07) is 7.86. The van der Waals surface area contributed by atoms with Gasteiger partial charge < -0.3 is 15.6 Å². The number of carboxylic acids is 1. The zero-order valence-corrected chi connectivity index (χ0v) is 13.5. The van der Waals surface area contributed by atoms with Crippen LogP contribution in [-0.2, 0) is 20.9 Å². The van der Waals surface area contributed by atoms with E-state index in [9.17, 15) is 22.8 Å². The van der Waals surface area contributed by atoms with Crippen molar-refractivity contribution in [3.8, 4) is 0 Å². The minimum Gasteiger partial charge on any atom is -0.481 e. The summed E-state index contributed by atoms with van der Waals surface area (Å²) in [5.74, 6) is -7.78. The van der Waals surface area contributed by atoms with E-state index in [1.165, 1.54) is 0 Å². The van der Waals surface area contributed by atoms with Gasteiger partial charge in [-0.15, -0.1) is 0 Å². The van der Waals surface area contributed by atoms with Crippen LogP contribution in [0.15, 0.2) is 42.5 Å². The van der Waals surface area contributed by atoms with Crippen molar-refractivity contribution in [2.24, 2.45) is 11.7 Å². The van der Waals surface area contributed by atoms with Gasteiger partial charge in [-0.2, -0.15) is 0 Å². The first-order chi connectivity index (χ1) is 12.3. The Hall–Kier alpha value is -2.87. The summed E-state index contributed by atoms with van der Waals surface area (Å²) in [6.45, 7) is -0.136. The number of nitrogens with two attached hydrogens (primary N) is 1. The smallest absolute Gasteiger partial charge is 0.311 e. The molecule has 26 heavy (non-hydrogen) atoms. The van der Waals surface area contributed by atoms with E-state index >= 15 is 0 Å². The van der Waals surface area contributed by atoms with Crippen LogP contribution in [0.3, 0.4) is 0 Å². The van der Waals surface area contributed by atoms with Gasteiger partial charge in [0.2, 0.25) is 0 Å². The second-order valence-corrected chi connectivity index (χ2v) is 5.61. The fourth-order valence-electron chi connectivity index (χ4n) is 2.39. The predicted octanol–water partition coefficient (Wildman–Crippen LogP) is 2.94. The molecule has 2 aromatic carbocycles. The van der Waals surface area contributed by atoms with Crippen LogP contribution in [0.25, 0.3) is 0 Å². The summed E-state index contributed by atoms with van der Waals surface area (Å²) >= 11 is 0. The van der Waals surface area contributed by atoms with Crippen molar-refractivity contribution in [3.63, 3.8) is 0 Å². The molecule has 0 aliphatic rings. The van der Waals surface area contributed by atoms with E-state index in [1.807, 2.05) is 0 Å². The van der Waals surface area contributed by atoms with Crippen molar-refractivity contribution >= 4 is 11.9 Å². The molecule has 0 fully saturated rings. The molecule has 0 bridgehead atoms. The first-order valence-electron chi connectivity index (χ1n) is 7.62. The van der Waals surface area contributed by atoms with Crippen molar-refractivity contribution < 1.29 is 32.6 Å². The zero-order chi connectivity index (χ0) is 19.3. The quantitative estimate of drug-likeness (QED) is 0.580. The van der Waals surface area contributed by atoms with Gasteiger partial charge in [0, 0.05) is 17.7 Å². The molecule has 0 aromatic heterocycles. The van der Waals surface area contributed by atoms with Crippen molar-refractivity contribution in [3.05, 3.63) is 71.0 Å². The third kappa shape index (κ3) is 4.82. The second kappa shape index (κ2) is 8.48. The molecule has 0 amide bonds. The van der Waals surface area contributed by atoms with Gasteiger partial charge in [0.25, 0.3) is 0 Å². The van der Waals surface area contributed by atoms with E-state index in [0.29, 0.717) is 11.6 Å². The largest absolute Gasteiger partial charge is 0.481 e. The average Bonchev–Trinajstić information content (AvgIpc) is 2.61. The molecular formula is C18H16F3NO4. The van der Waals surface area contributed by atoms with Crippen LogP contribution in [0, 0.1) is 23.4 Å². The van der Waals surface area contributed by atoms with E-state index in [4.69, 9.17) is 15.6 Å². The lowest BCUT2D eigenvalue weighted by Gasteiger charge is -2.22. The Morgan fingerprint density at radius 2 is 1.65 bits per heavy atom. The van der Waals surface area contributed by atoms with Gasteiger partial charge in [-0.1, -0.05) is 30.3 Å². The van der Waals surface area contributed by atoms with E-state index in [1.54, 1.807) is 30.3 Å². The fourth-order valence-corrected chi connectivity index (χ4v) is 2.39. The molecule has 1 unspecified atom stereocenters. The molecule has 0 spiro atoms. The van der Waals surface area contributed by atoms with Gasteiger partial charge >= 0.3 is 11.9 Å². The Morgan fingerprint density at radius 1 is 1.04 bits per heavy atom. The number of halogens is 3. The maximum absolute atomic E-state index is 13.9. The number of rotatable bonds is 7. The maximum atomic E-state index is 13.9. The van der Waals surface area contributed by atoms with Crippen LogP contribution in [-0.4, -0.2) is 17.0 Å². The lowest BCUT2D eigenvalue weighted by atomic mass is 9.90. The Balaban J connectivity index is 2.21. The van der Waals surface area contributed by atoms with Crippen molar-refractivity contribution in [1.29, 1.82) is 0 Å². The molecule has 0 heterocycles. The van der Waals surface area contributed by atoms with Gasteiger partial charge in [0.1, 0.15) is 12.4 Å². The number of ether oxygens (including phenoxy) is 1. The summed E-state index contributed by atoms with van der Waals surface area (Å²) in [5.41, 5.74) is 5.93. The van der Waals surface area contributed by atoms with E-state index in [-0.39, 0.29) is 12.7 Å². The third-order valence-corrected chi connectivity index (χ3v) is 3.75. The van der Waals surface area contributed by atoms with E-state index < -0.39 is 53.3 Å². The number of carbonyl (C=O) groups is 2. The monoisotopic (exact) mass is 367 g/mol. The SMILES string of the molecule is NC(c1cc(F)c(F)cc1F)[C@@H](CC(=O)O)C(=O)OCc1ccccc1. The minimum atomic E-state index is -1.52. The first-order valence-corrected chi connectivity index (χ1v) is 7.62. The molecule has 8 heteroatoms. The number of carbonyl (C=O) groups excluding carboxylic acids is 1. The fraction of sp³-hybridized carbons (Fsp3) is 0.222. The van der Waals surface area contributed by atoms with Crippen LogP contribution in [0.1, 0.15) is 23.6 Å². The van der Waals surface area contributed by atoms with Crippen molar-refractivity contribution in [2.45, 2.75) is 19.1 Å². The molecule has 2 rings (SSSR count). The lowest BCUT2D eigenvalue weighted by Crippen LogP contribution is -2.32. The highest BCUT2D eigenvalue weighted by molar-refractivity contribution is 5.80. The van der Waals surface area contributed by atoms with Crippen LogP contribution >= 0.6 is 0 Å². The van der Waals surface area contributed by atoms with Gasteiger partial charge in [-0.05, 0) is 11.6 Å². The Bertz CT molecular complexity index is 799. The number of hydrogen-bond donors (Lipinski definition) is 2. The summed E-state index contributed by atoms with van der Waals surface area (Å²) in [5, 5.41) is 8.99. The highest BCUT2D eigenvalue weighted by Gasteiger charge is 2.33. The predicted molar refractivity (Wildman–Crippen MR) is 85.2 cm³/mol. The van der Waals surface area contributed by atoms with Crippen LogP contribution < -0.4 is 5.73 Å². The number of esters is 1. The van der Waals surface area contributed by atoms with Crippen molar-refractivity contribution in [2.75, 3.05) is 0 Å². The Kier molecular flexibility index (Phi) is 6.35. The number of carboxylic acid groups (broad SMARTS) is 1. The summed E-state index contributed by atoms with van der Waals surface area (Å²) in [7, 11) is 0. The molecule has 0 saturated carbocycles. The molecule has 0 aliphatic heterocycles. The van der Waals surface area contributed by atoms with E-state index in [2.05, 4.69) is 0 Å². The van der Waals surface area contributed by atoms with E-state index in [0.717, 1.165) is 0 Å². The highest BCUT2D eigenvalue weighted by atomic mass is 19.2. The van der Waals surface area contributed by atoms with Crippen molar-refractivity contribution in [1.82, 2.24) is 0 Å². The molecule has 0 saturated heterocycles. The maximum Gasteiger partial charge on any atom is 0.311 e. The molecule has 2 atom stereocenters. The normalized spacial score (nSPS) is 13.1. The summed E-state index contributed by atoms with van der Waals surface area (Å²) < 4.78 is 45.4. The molecule has 5 nitrogen and oxygen atoms in total. The molecule has 0 radical (unpaired) electrons. The lowest BCUT2D eigenvalue weighted by molar-refractivity contribution is -0.155. The molecule has 138 valence electrons. The summed E-state index contributed by atoms with van der Waals surface area (Å²) in [4.78, 5) is 23.3. The van der Waals surface area contributed by atoms with Crippen LogP contribution in [0.2, 0.25) is 0 Å². The molecule has 3 N–H and O–H groups in total. The number of benzene rings is 2. The van der Waals surface area contributed by atoms with Gasteiger partial charge in [-0.3, -0.25) is 9.59 Å². The Labute approximate surface area is 147 Å².